The van der Waals surface area contributed by atoms with Gasteiger partial charge in [0, 0.05) is 43.2 Å². The highest BCUT2D eigenvalue weighted by Crippen LogP contribution is 2.18. The van der Waals surface area contributed by atoms with Gasteiger partial charge in [-0.15, -0.1) is 0 Å². The number of aromatic amines is 1. The molecule has 3 rings (SSSR count). The van der Waals surface area contributed by atoms with Gasteiger partial charge in [-0.1, -0.05) is 52.4 Å². The van der Waals surface area contributed by atoms with E-state index in [-0.39, 0.29) is 31.6 Å². The van der Waals surface area contributed by atoms with Crippen molar-refractivity contribution in [2.75, 3.05) is 28.2 Å². The minimum atomic E-state index is -1.02. The number of hydrogen-bond acceptors (Lipinski definition) is 15. The van der Waals surface area contributed by atoms with Crippen LogP contribution in [0.5, 0.6) is 0 Å². The molecule has 0 aliphatic heterocycles. The molecule has 24 nitrogen and oxygen atoms in total. The molecule has 1 heterocycles. The quantitative estimate of drug-likeness (QED) is 0.0691. The molecule has 0 saturated heterocycles. The number of aliphatic carboxylic acids is 7. The van der Waals surface area contributed by atoms with Crippen molar-refractivity contribution in [2.45, 2.75) is 172 Å². The molecular weight excluding hydrogens is 883 g/mol. The summed E-state index contributed by atoms with van der Waals surface area (Å²) in [7, 11) is 6.31. The third kappa shape index (κ3) is 35.6. The van der Waals surface area contributed by atoms with Gasteiger partial charge in [-0.25, -0.2) is 4.98 Å². The van der Waals surface area contributed by atoms with E-state index >= 15 is 0 Å². The maximum Gasteiger partial charge on any atom is 0.321 e. The van der Waals surface area contributed by atoms with Gasteiger partial charge in [0.1, 0.15) is 36.3 Å². The van der Waals surface area contributed by atoms with Crippen molar-refractivity contribution in [1.82, 2.24) is 41.9 Å². The van der Waals surface area contributed by atoms with Crippen molar-refractivity contribution in [2.24, 2.45) is 11.7 Å². The molecule has 1 amide bonds. The lowest BCUT2D eigenvalue weighted by atomic mass is 9.95. The van der Waals surface area contributed by atoms with Gasteiger partial charge in [-0.05, 0) is 86.5 Å². The van der Waals surface area contributed by atoms with Gasteiger partial charge in [-0.2, -0.15) is 0 Å². The van der Waals surface area contributed by atoms with E-state index in [1.54, 1.807) is 34.1 Å². The Kier molecular flexibility index (Phi) is 39.3. The van der Waals surface area contributed by atoms with Crippen LogP contribution in [0.3, 0.4) is 0 Å². The summed E-state index contributed by atoms with van der Waals surface area (Å²) in [4.78, 5) is 89.5. The topological polar surface area (TPSA) is 405 Å². The first-order chi connectivity index (χ1) is 31.4. The van der Waals surface area contributed by atoms with Crippen LogP contribution in [0.1, 0.15) is 123 Å². The number of carbonyl (C=O) groups is 8. The fourth-order valence-electron chi connectivity index (χ4n) is 6.36. The molecule has 24 heteroatoms. The summed E-state index contributed by atoms with van der Waals surface area (Å²) in [6.45, 7) is 7.31. The predicted molar refractivity (Wildman–Crippen MR) is 249 cm³/mol. The van der Waals surface area contributed by atoms with E-state index in [1.807, 2.05) is 13.8 Å². The van der Waals surface area contributed by atoms with E-state index in [9.17, 15) is 38.4 Å². The van der Waals surface area contributed by atoms with Gasteiger partial charge in [0.15, 0.2) is 0 Å². The van der Waals surface area contributed by atoms with Crippen LogP contribution in [0.25, 0.3) is 0 Å². The standard InChI is InChI=1S/C9H17NO2.C8H15NO2.C7H11N3O2.C7H15NO2.C6H12N2O3.C6H11NO4/c1-7(9(11)12)10-8-5-3-2-4-6-8;1-6(8(10)11)9-7-4-2-3-5-7;1-8-6(7(11)12)2-5-3-9-4-10-5;1-4-5(2)6(8-3)7(9)10;1-8-4(6(10)11)2-3-5(7)9;1-7-4(6(10)11)2-3-5(8)9/h7-8,10H,2-6H2,1H3,(H,11,12);6-7,9H,2-5H2,1H3,(H,10,11);3-4,6,8H,2H2,1H3,(H,9,10)(H,11,12);5-6,8H,4H2,1-3H3,(H,9,10);4,8H,2-3H2,1H3,(H2,7,9)(H,10,11);4,7H,2-3H2,1H3,(H,8,9)(H,10,11)/t7-;2*6-;5-,6-;2*4-/m000000/s1. The summed E-state index contributed by atoms with van der Waals surface area (Å²) in [6, 6.07) is -2.29. The van der Waals surface area contributed by atoms with Crippen LogP contribution in [-0.2, 0) is 44.8 Å². The second kappa shape index (κ2) is 39.9. The van der Waals surface area contributed by atoms with Gasteiger partial charge in [0.2, 0.25) is 5.91 Å². The first-order valence-corrected chi connectivity index (χ1v) is 22.5. The molecule has 0 unspecified atom stereocenters. The van der Waals surface area contributed by atoms with E-state index in [4.69, 9.17) is 41.5 Å². The molecule has 2 fully saturated rings. The Labute approximate surface area is 393 Å². The Morgan fingerprint density at radius 2 is 1.01 bits per heavy atom. The number of amides is 1. The van der Waals surface area contributed by atoms with Crippen LogP contribution in [-0.4, -0.2) is 170 Å². The minimum Gasteiger partial charge on any atom is -0.481 e. The first kappa shape index (κ1) is 66.0. The van der Waals surface area contributed by atoms with Gasteiger partial charge < -0.3 is 78.4 Å². The number of primary amides is 1. The number of nitrogens with one attached hydrogen (secondary N) is 7. The zero-order chi connectivity index (χ0) is 52.1. The number of imidazole rings is 1. The van der Waals surface area contributed by atoms with Gasteiger partial charge in [0.05, 0.1) is 6.33 Å². The van der Waals surface area contributed by atoms with Crippen molar-refractivity contribution in [3.8, 4) is 0 Å². The van der Waals surface area contributed by atoms with E-state index < -0.39 is 83.9 Å². The number of hydrogen-bond donors (Lipinski definition) is 15. The number of rotatable bonds is 24. The number of H-pyrrole nitrogens is 1. The maximum atomic E-state index is 10.6. The van der Waals surface area contributed by atoms with Gasteiger partial charge >= 0.3 is 41.8 Å². The zero-order valence-electron chi connectivity index (χ0n) is 40.4. The molecule has 0 spiro atoms. The third-order valence-electron chi connectivity index (χ3n) is 10.7. The van der Waals surface area contributed by atoms with Crippen LogP contribution in [0, 0.1) is 5.92 Å². The van der Waals surface area contributed by atoms with Crippen LogP contribution >= 0.6 is 0 Å². The van der Waals surface area contributed by atoms with Gasteiger partial charge in [-0.3, -0.25) is 38.4 Å². The van der Waals surface area contributed by atoms with E-state index in [2.05, 4.69) is 41.9 Å². The fraction of sp³-hybridized carbons (Fsp3) is 0.744. The summed E-state index contributed by atoms with van der Waals surface area (Å²) >= 11 is 0. The molecule has 1 aromatic rings. The molecule has 1 aromatic heterocycles. The highest BCUT2D eigenvalue weighted by molar-refractivity contribution is 5.77. The Morgan fingerprint density at radius 1 is 0.612 bits per heavy atom. The summed E-state index contributed by atoms with van der Waals surface area (Å²) in [5, 5.41) is 76.3. The summed E-state index contributed by atoms with van der Waals surface area (Å²) < 4.78 is 0. The summed E-state index contributed by atoms with van der Waals surface area (Å²) in [5.74, 6) is -6.37. The Balaban J connectivity index is -0.000000735. The zero-order valence-corrected chi connectivity index (χ0v) is 40.4. The fourth-order valence-corrected chi connectivity index (χ4v) is 6.36. The smallest absolute Gasteiger partial charge is 0.321 e. The Morgan fingerprint density at radius 3 is 1.28 bits per heavy atom. The van der Waals surface area contributed by atoms with Crippen molar-refractivity contribution in [1.29, 1.82) is 0 Å². The van der Waals surface area contributed by atoms with Crippen molar-refractivity contribution in [3.63, 3.8) is 0 Å². The average Bonchev–Trinajstić information content (AvgIpc) is 3.99. The number of nitrogens with two attached hydrogens (primary N) is 1. The largest absolute Gasteiger partial charge is 0.481 e. The van der Waals surface area contributed by atoms with E-state index in [1.165, 1.54) is 52.5 Å². The second-order valence-corrected chi connectivity index (χ2v) is 16.0. The van der Waals surface area contributed by atoms with Crippen LogP contribution in [0.15, 0.2) is 12.5 Å². The highest BCUT2D eigenvalue weighted by Gasteiger charge is 2.22. The molecule has 0 radical (unpaired) electrons. The van der Waals surface area contributed by atoms with E-state index in [0.29, 0.717) is 18.5 Å². The molecule has 2 aliphatic rings. The lowest BCUT2D eigenvalue weighted by Gasteiger charge is -2.24. The number of likely N-dealkylation sites (N-methyl/N-ethyl adjacent to an activating group) is 4. The minimum absolute atomic E-state index is 0.0950. The lowest BCUT2D eigenvalue weighted by molar-refractivity contribution is -0.142. The van der Waals surface area contributed by atoms with E-state index in [0.717, 1.165) is 37.8 Å². The number of carboxylic acids is 7. The molecule has 7 atom stereocenters. The van der Waals surface area contributed by atoms with Crippen molar-refractivity contribution >= 4 is 47.7 Å². The number of nitrogens with zero attached hydrogens (tertiary/aromatic N) is 1. The maximum absolute atomic E-state index is 10.6. The summed E-state index contributed by atoms with van der Waals surface area (Å²) in [5.41, 5.74) is 5.65. The normalized spacial score (nSPS) is 16.4. The Hall–Kier alpha value is -5.27. The first-order valence-electron chi connectivity index (χ1n) is 22.5. The molecule has 388 valence electrons. The van der Waals surface area contributed by atoms with Crippen molar-refractivity contribution < 1.29 is 74.1 Å². The lowest BCUT2D eigenvalue weighted by Crippen LogP contribution is -2.42. The number of carbonyl (C=O) groups excluding carboxylic acids is 1. The molecule has 0 bridgehead atoms. The SMILES string of the molecule is CC[C@H](C)[C@H](NC)C(=O)O.CN[C@@H](CCC(=O)O)C(=O)O.CN[C@@H](CCC(N)=O)C(=O)O.CN[C@@H](Cc1cnc[nH]1)C(=O)O.C[C@H](NC1CCCC1)C(=O)O.C[C@H](NC1CCCCC1)C(=O)O. The molecule has 16 N–H and O–H groups in total. The van der Waals surface area contributed by atoms with Crippen LogP contribution < -0.4 is 37.6 Å². The monoisotopic (exact) mass is 964 g/mol. The molecule has 2 saturated carbocycles. The summed E-state index contributed by atoms with van der Waals surface area (Å²) in [6.07, 6.45) is 15.6. The molecule has 0 aromatic carbocycles. The van der Waals surface area contributed by atoms with Crippen LogP contribution in [0.4, 0.5) is 0 Å². The number of aromatic nitrogens is 2. The highest BCUT2D eigenvalue weighted by atomic mass is 16.4. The van der Waals surface area contributed by atoms with Crippen molar-refractivity contribution in [3.05, 3.63) is 18.2 Å². The predicted octanol–water partition coefficient (Wildman–Crippen LogP) is 1.15. The molecule has 2 aliphatic carbocycles. The Bertz CT molecular complexity index is 1510. The third-order valence-corrected chi connectivity index (χ3v) is 10.7. The molecule has 67 heavy (non-hydrogen) atoms. The van der Waals surface area contributed by atoms with Crippen LogP contribution in [0.2, 0.25) is 0 Å². The second-order valence-electron chi connectivity index (χ2n) is 16.0. The van der Waals surface area contributed by atoms with Gasteiger partial charge in [0.25, 0.3) is 0 Å². The molecular formula is C43H81N9O15. The number of carboxylic acid groups (broad SMARTS) is 7. The average molecular weight is 964 g/mol.